The number of anilines is 1. The highest BCUT2D eigenvalue weighted by Gasteiger charge is 2.30. The quantitative estimate of drug-likeness (QED) is 0.640. The van der Waals surface area contributed by atoms with Crippen molar-refractivity contribution in [1.29, 1.82) is 0 Å². The molecule has 120 valence electrons. The second-order valence-corrected chi connectivity index (χ2v) is 6.98. The molecule has 1 aromatic heterocycles. The number of fused-ring (bicyclic) bond motifs is 1. The molecule has 0 radical (unpaired) electrons. The van der Waals surface area contributed by atoms with Gasteiger partial charge in [0.25, 0.3) is 0 Å². The number of hydrogen-bond donors (Lipinski definition) is 0. The highest BCUT2D eigenvalue weighted by atomic mass is 32.2. The molecule has 0 aliphatic carbocycles. The van der Waals surface area contributed by atoms with Gasteiger partial charge in [0.1, 0.15) is 0 Å². The van der Waals surface area contributed by atoms with E-state index in [0.717, 1.165) is 29.1 Å². The largest absolute Gasteiger partial charge is 0.308 e. The maximum Gasteiger partial charge on any atom is 0.237 e. The van der Waals surface area contributed by atoms with Crippen LogP contribution in [0.5, 0.6) is 0 Å². The second kappa shape index (κ2) is 6.32. The van der Waals surface area contributed by atoms with Crippen molar-refractivity contribution < 1.29 is 4.79 Å². The minimum Gasteiger partial charge on any atom is -0.308 e. The van der Waals surface area contributed by atoms with Crippen LogP contribution in [0.3, 0.4) is 0 Å². The molecule has 1 amide bonds. The van der Waals surface area contributed by atoms with Crippen LogP contribution >= 0.6 is 11.8 Å². The lowest BCUT2D eigenvalue weighted by Gasteiger charge is -2.22. The predicted molar refractivity (Wildman–Crippen MR) is 94.1 cm³/mol. The number of rotatable bonds is 3. The monoisotopic (exact) mass is 327 g/mol. The first-order valence-corrected chi connectivity index (χ1v) is 8.80. The Bertz CT molecular complexity index is 737. The molecule has 1 aliphatic rings. The second-order valence-electron chi connectivity index (χ2n) is 6.04. The molecule has 0 fully saturated rings. The minimum atomic E-state index is 0.118. The highest BCUT2D eigenvalue weighted by molar-refractivity contribution is 7.99. The Morgan fingerprint density at radius 3 is 2.57 bits per heavy atom. The van der Waals surface area contributed by atoms with Crippen LogP contribution < -0.4 is 4.90 Å². The fourth-order valence-corrected chi connectivity index (χ4v) is 3.74. The fraction of sp³-hybridized carbons (Fsp3) is 0.389. The number of thioether (sulfide) groups is 1. The predicted octanol–water partition coefficient (Wildman–Crippen LogP) is 3.47. The van der Waals surface area contributed by atoms with Crippen molar-refractivity contribution >= 4 is 23.4 Å². The molecule has 1 atom stereocenters. The smallest absolute Gasteiger partial charge is 0.237 e. The van der Waals surface area contributed by atoms with Crippen LogP contribution in [0.1, 0.15) is 29.4 Å². The molecule has 1 aliphatic heterocycles. The molecule has 0 N–H and O–H groups in total. The average Bonchev–Trinajstić information content (AvgIpc) is 2.86. The van der Waals surface area contributed by atoms with E-state index in [1.807, 2.05) is 43.9 Å². The Morgan fingerprint density at radius 1 is 1.22 bits per heavy atom. The summed E-state index contributed by atoms with van der Waals surface area (Å²) in [5.74, 6) is 0.479. The van der Waals surface area contributed by atoms with E-state index in [4.69, 9.17) is 0 Å². The summed E-state index contributed by atoms with van der Waals surface area (Å²) in [5, 5.41) is 0.680. The van der Waals surface area contributed by atoms with Gasteiger partial charge in [-0.1, -0.05) is 30.0 Å². The topological polar surface area (TPSA) is 46.1 Å². The van der Waals surface area contributed by atoms with E-state index in [9.17, 15) is 4.79 Å². The maximum atomic E-state index is 12.7. The maximum absolute atomic E-state index is 12.7. The van der Waals surface area contributed by atoms with Gasteiger partial charge in [0.15, 0.2) is 5.16 Å². The van der Waals surface area contributed by atoms with Gasteiger partial charge in [0, 0.05) is 23.1 Å². The van der Waals surface area contributed by atoms with Crippen LogP contribution in [-0.2, 0) is 11.2 Å². The Hall–Kier alpha value is -1.88. The summed E-state index contributed by atoms with van der Waals surface area (Å²) in [6.45, 7) is 8.08. The molecular formula is C18H21N3OS. The van der Waals surface area contributed by atoms with E-state index in [1.165, 1.54) is 17.3 Å². The Morgan fingerprint density at radius 2 is 1.87 bits per heavy atom. The molecule has 0 unspecified atom stereocenters. The third-order valence-electron chi connectivity index (χ3n) is 4.41. The first kappa shape index (κ1) is 16.0. The number of aryl methyl sites for hydroxylation is 2. The Labute approximate surface area is 141 Å². The number of carbonyl (C=O) groups is 1. The molecule has 5 heteroatoms. The van der Waals surface area contributed by atoms with Gasteiger partial charge in [0.2, 0.25) is 5.91 Å². The van der Waals surface area contributed by atoms with E-state index in [1.54, 1.807) is 0 Å². The molecule has 4 nitrogen and oxygen atoms in total. The summed E-state index contributed by atoms with van der Waals surface area (Å²) in [5.41, 5.74) is 5.36. The zero-order valence-electron chi connectivity index (χ0n) is 14.0. The van der Waals surface area contributed by atoms with Gasteiger partial charge in [0.05, 0.1) is 5.75 Å². The normalized spacial score (nSPS) is 16.5. The number of para-hydroxylation sites is 1. The van der Waals surface area contributed by atoms with Gasteiger partial charge in [-0.15, -0.1) is 0 Å². The molecule has 3 rings (SSSR count). The molecule has 0 spiro atoms. The number of aromatic nitrogens is 2. The van der Waals surface area contributed by atoms with Gasteiger partial charge < -0.3 is 4.90 Å². The van der Waals surface area contributed by atoms with Crippen LogP contribution in [-0.4, -0.2) is 27.7 Å². The molecule has 0 bridgehead atoms. The highest BCUT2D eigenvalue weighted by Crippen LogP contribution is 2.32. The van der Waals surface area contributed by atoms with Crippen molar-refractivity contribution in [1.82, 2.24) is 9.97 Å². The van der Waals surface area contributed by atoms with Crippen LogP contribution in [0.2, 0.25) is 0 Å². The van der Waals surface area contributed by atoms with Crippen molar-refractivity contribution in [2.24, 2.45) is 0 Å². The lowest BCUT2D eigenvalue weighted by atomic mass is 10.1. The number of benzene rings is 1. The van der Waals surface area contributed by atoms with Gasteiger partial charge in [-0.25, -0.2) is 9.97 Å². The Balaban J connectivity index is 1.73. The van der Waals surface area contributed by atoms with Crippen LogP contribution in [0.25, 0.3) is 0 Å². The summed E-state index contributed by atoms with van der Waals surface area (Å²) in [4.78, 5) is 23.5. The molecule has 1 aromatic carbocycles. The van der Waals surface area contributed by atoms with Crippen molar-refractivity contribution in [3.63, 3.8) is 0 Å². The van der Waals surface area contributed by atoms with E-state index in [0.29, 0.717) is 10.9 Å². The summed E-state index contributed by atoms with van der Waals surface area (Å²) in [6.07, 6.45) is 0.922. The lowest BCUT2D eigenvalue weighted by molar-refractivity contribution is -0.116. The fourth-order valence-electron chi connectivity index (χ4n) is 2.95. The van der Waals surface area contributed by atoms with Crippen molar-refractivity contribution in [2.45, 2.75) is 45.3 Å². The zero-order chi connectivity index (χ0) is 16.6. The van der Waals surface area contributed by atoms with Gasteiger partial charge in [-0.3, -0.25) is 4.79 Å². The number of carbonyl (C=O) groups excluding carboxylic acids is 1. The summed E-state index contributed by atoms with van der Waals surface area (Å²) in [7, 11) is 0. The van der Waals surface area contributed by atoms with Crippen LogP contribution in [0.4, 0.5) is 5.69 Å². The summed E-state index contributed by atoms with van der Waals surface area (Å²) >= 11 is 1.42. The molecule has 0 saturated carbocycles. The average molecular weight is 327 g/mol. The van der Waals surface area contributed by atoms with E-state index in [-0.39, 0.29) is 11.9 Å². The number of amides is 1. The third-order valence-corrected chi connectivity index (χ3v) is 5.24. The summed E-state index contributed by atoms with van der Waals surface area (Å²) in [6, 6.07) is 8.35. The first-order valence-electron chi connectivity index (χ1n) is 7.82. The standard InChI is InChI=1S/C18H21N3OS/c1-11-9-15-7-5-6-8-16(15)21(11)17(22)10-23-18-19-13(3)12(2)14(4)20-18/h5-8,11H,9-10H2,1-4H3/t11-/m0/s1. The zero-order valence-corrected chi connectivity index (χ0v) is 14.8. The van der Waals surface area contributed by atoms with Gasteiger partial charge in [-0.05, 0) is 51.3 Å². The van der Waals surface area contributed by atoms with Gasteiger partial charge in [-0.2, -0.15) is 0 Å². The lowest BCUT2D eigenvalue weighted by Crippen LogP contribution is -2.37. The number of hydrogen-bond acceptors (Lipinski definition) is 4. The molecule has 23 heavy (non-hydrogen) atoms. The third kappa shape index (κ3) is 3.11. The van der Waals surface area contributed by atoms with Crippen molar-refractivity contribution in [2.75, 3.05) is 10.7 Å². The Kier molecular flexibility index (Phi) is 4.39. The minimum absolute atomic E-state index is 0.118. The van der Waals surface area contributed by atoms with Crippen LogP contribution in [0.15, 0.2) is 29.4 Å². The van der Waals surface area contributed by atoms with E-state index in [2.05, 4.69) is 23.0 Å². The van der Waals surface area contributed by atoms with Crippen molar-refractivity contribution in [3.8, 4) is 0 Å². The SMILES string of the molecule is Cc1nc(SCC(=O)N2c3ccccc3C[C@@H]2C)nc(C)c1C. The molecular weight excluding hydrogens is 306 g/mol. The molecule has 2 heterocycles. The molecule has 2 aromatic rings. The van der Waals surface area contributed by atoms with Gasteiger partial charge >= 0.3 is 0 Å². The number of nitrogens with zero attached hydrogens (tertiary/aromatic N) is 3. The van der Waals surface area contributed by atoms with E-state index < -0.39 is 0 Å². The van der Waals surface area contributed by atoms with E-state index >= 15 is 0 Å². The van der Waals surface area contributed by atoms with Crippen molar-refractivity contribution in [3.05, 3.63) is 46.8 Å². The van der Waals surface area contributed by atoms with Crippen LogP contribution in [0, 0.1) is 20.8 Å². The molecule has 0 saturated heterocycles. The first-order chi connectivity index (χ1) is 11.0. The summed E-state index contributed by atoms with van der Waals surface area (Å²) < 4.78 is 0.